The van der Waals surface area contributed by atoms with Gasteiger partial charge in [-0.2, -0.15) is 0 Å². The summed E-state index contributed by atoms with van der Waals surface area (Å²) in [5, 5.41) is 22.0. The number of carboxylic acid groups (broad SMARTS) is 1. The summed E-state index contributed by atoms with van der Waals surface area (Å²) in [4.78, 5) is 54.2. The molecule has 7 rings (SSSR count). The molecule has 8 heteroatoms. The largest absolute Gasteiger partial charge is 0.481 e. The Morgan fingerprint density at radius 2 is 1.62 bits per heavy atom. The zero-order chi connectivity index (χ0) is 38.7. The first-order valence-electron chi connectivity index (χ1n) is 20.4. The number of benzene rings is 1. The van der Waals surface area contributed by atoms with E-state index < -0.39 is 28.9 Å². The number of β-amino-alcohol motifs (C(OH)–C–C–N with tert-alkyl or cyclic N) is 1. The molecule has 1 amide bonds. The standard InChI is InChI=1S/C45H63NO7/c1-26(2)36-30(47)22-45(33(48)25-46-24-27-12-10-11-13-28(27)38(46)50)21-20-43(8)29(37(36)45)14-15-32-42(7)18-17-34(53-35(49)23-40(3,4)39(51)52)41(5,6)31(42)16-19-44(32,43)9/h10-13,26,29,31-34,48H,14-25H2,1-9H3,(H,51,52)/t29-,31?,32-,33+,34+,42+,43-,44-,45+/m1/s1. The number of aliphatic hydroxyl groups is 1. The highest BCUT2D eigenvalue weighted by atomic mass is 16.5. The highest BCUT2D eigenvalue weighted by Gasteiger charge is 2.71. The Balaban J connectivity index is 1.17. The summed E-state index contributed by atoms with van der Waals surface area (Å²) in [6.45, 7) is 20.2. The average molecular weight is 730 g/mol. The van der Waals surface area contributed by atoms with Crippen molar-refractivity contribution in [2.75, 3.05) is 6.54 Å². The number of carbonyl (C=O) groups excluding carboxylic acids is 3. The first-order chi connectivity index (χ1) is 24.6. The molecule has 1 aliphatic heterocycles. The second-order valence-corrected chi connectivity index (χ2v) is 20.4. The van der Waals surface area contributed by atoms with Crippen LogP contribution in [-0.4, -0.2) is 57.5 Å². The summed E-state index contributed by atoms with van der Waals surface area (Å²) in [6, 6.07) is 7.70. The van der Waals surface area contributed by atoms with Crippen molar-refractivity contribution in [3.63, 3.8) is 0 Å². The molecule has 9 atom stereocenters. The van der Waals surface area contributed by atoms with Crippen molar-refractivity contribution >= 4 is 23.6 Å². The van der Waals surface area contributed by atoms with Crippen LogP contribution < -0.4 is 0 Å². The lowest BCUT2D eigenvalue weighted by Gasteiger charge is -2.72. The molecule has 5 aliphatic carbocycles. The van der Waals surface area contributed by atoms with E-state index in [-0.39, 0.29) is 64.3 Å². The zero-order valence-electron chi connectivity index (χ0n) is 33.6. The number of fused-ring (bicyclic) bond motifs is 8. The predicted octanol–water partition coefficient (Wildman–Crippen LogP) is 8.40. The normalized spacial score (nSPS) is 38.1. The van der Waals surface area contributed by atoms with Crippen molar-refractivity contribution in [1.82, 2.24) is 4.90 Å². The smallest absolute Gasteiger partial charge is 0.309 e. The molecule has 1 unspecified atom stereocenters. The summed E-state index contributed by atoms with van der Waals surface area (Å²) in [5.74, 6) is -0.243. The molecule has 8 nitrogen and oxygen atoms in total. The maximum absolute atomic E-state index is 14.1. The summed E-state index contributed by atoms with van der Waals surface area (Å²) in [5.41, 5.74) is 1.74. The SMILES string of the molecule is CC(C)C1=C2[C@H]3CC[C@@H]4[C@@]5(C)CC[C@H](OC(=O)CC(C)(C)C(=O)O)C(C)(C)C5CC[C@@]4(C)[C@]3(C)CC[C@@]2([C@@H](O)CN2Cc3ccccc3C2=O)CC1=O. The molecule has 2 N–H and O–H groups in total. The molecule has 0 spiro atoms. The van der Waals surface area contributed by atoms with Crippen LogP contribution in [0.1, 0.15) is 142 Å². The van der Waals surface area contributed by atoms with Gasteiger partial charge in [0, 0.05) is 35.9 Å². The minimum Gasteiger partial charge on any atom is -0.481 e. The minimum atomic E-state index is -1.18. The molecule has 0 radical (unpaired) electrons. The number of hydrogen-bond donors (Lipinski definition) is 2. The molecule has 6 aliphatic rings. The van der Waals surface area contributed by atoms with Gasteiger partial charge in [-0.1, -0.05) is 72.2 Å². The van der Waals surface area contributed by atoms with Crippen molar-refractivity contribution in [2.45, 2.75) is 145 Å². The van der Waals surface area contributed by atoms with Crippen LogP contribution in [0.4, 0.5) is 0 Å². The molecule has 4 saturated carbocycles. The number of nitrogens with zero attached hydrogens (tertiary/aromatic N) is 1. The van der Waals surface area contributed by atoms with Gasteiger partial charge in [0.15, 0.2) is 5.78 Å². The number of hydrogen-bond acceptors (Lipinski definition) is 6. The van der Waals surface area contributed by atoms with E-state index in [1.54, 1.807) is 18.7 Å². The first-order valence-corrected chi connectivity index (χ1v) is 20.4. The maximum atomic E-state index is 14.1. The molecule has 1 heterocycles. The van der Waals surface area contributed by atoms with E-state index in [1.807, 2.05) is 24.3 Å². The number of amides is 1. The van der Waals surface area contributed by atoms with Crippen molar-refractivity contribution in [2.24, 2.45) is 56.2 Å². The van der Waals surface area contributed by atoms with Gasteiger partial charge in [0.1, 0.15) is 6.10 Å². The summed E-state index contributed by atoms with van der Waals surface area (Å²) >= 11 is 0. The fraction of sp³-hybridized carbons (Fsp3) is 0.733. The molecule has 1 aromatic rings. The number of ether oxygens (including phenoxy) is 1. The number of carbonyl (C=O) groups is 4. The van der Waals surface area contributed by atoms with Gasteiger partial charge >= 0.3 is 11.9 Å². The Labute approximate surface area is 316 Å². The second kappa shape index (κ2) is 12.5. The molecule has 0 bridgehead atoms. The van der Waals surface area contributed by atoms with Crippen LogP contribution >= 0.6 is 0 Å². The number of carboxylic acids is 1. The molecule has 53 heavy (non-hydrogen) atoms. The summed E-state index contributed by atoms with van der Waals surface area (Å²) < 4.78 is 6.16. The first kappa shape index (κ1) is 38.3. The van der Waals surface area contributed by atoms with Crippen LogP contribution in [0.2, 0.25) is 0 Å². The number of aliphatic carboxylic acids is 1. The third-order valence-corrected chi connectivity index (χ3v) is 16.8. The number of rotatable bonds is 8. The third kappa shape index (κ3) is 5.44. The molecular formula is C45H63NO7. The van der Waals surface area contributed by atoms with Crippen LogP contribution in [0.15, 0.2) is 35.4 Å². The van der Waals surface area contributed by atoms with Gasteiger partial charge in [-0.3, -0.25) is 19.2 Å². The lowest BCUT2D eigenvalue weighted by Crippen LogP contribution is -2.66. The van der Waals surface area contributed by atoms with E-state index in [0.717, 1.165) is 62.5 Å². The van der Waals surface area contributed by atoms with Crippen molar-refractivity contribution in [3.8, 4) is 0 Å². The van der Waals surface area contributed by atoms with Gasteiger partial charge in [-0.25, -0.2) is 0 Å². The average Bonchev–Trinajstić information content (AvgIpc) is 3.56. The minimum absolute atomic E-state index is 0.0106. The Morgan fingerprint density at radius 1 is 0.925 bits per heavy atom. The van der Waals surface area contributed by atoms with Crippen molar-refractivity contribution in [1.29, 1.82) is 0 Å². The Hall–Kier alpha value is -3.00. The maximum Gasteiger partial charge on any atom is 0.309 e. The molecule has 4 fully saturated rings. The fourth-order valence-electron chi connectivity index (χ4n) is 13.8. The Kier molecular flexibility index (Phi) is 9.04. The number of ketones is 1. The van der Waals surface area contributed by atoms with Crippen molar-refractivity contribution in [3.05, 3.63) is 46.5 Å². The van der Waals surface area contributed by atoms with E-state index in [0.29, 0.717) is 30.4 Å². The topological polar surface area (TPSA) is 121 Å². The molecule has 1 aromatic carbocycles. The lowest BCUT2D eigenvalue weighted by molar-refractivity contribution is -0.235. The quantitative estimate of drug-likeness (QED) is 0.258. The molecular weight excluding hydrogens is 666 g/mol. The molecule has 0 aromatic heterocycles. The monoisotopic (exact) mass is 729 g/mol. The van der Waals surface area contributed by atoms with Gasteiger partial charge in [-0.15, -0.1) is 0 Å². The summed E-state index contributed by atoms with van der Waals surface area (Å²) in [7, 11) is 0. The van der Waals surface area contributed by atoms with E-state index in [1.165, 1.54) is 5.57 Å². The molecule has 0 saturated heterocycles. The van der Waals surface area contributed by atoms with Crippen LogP contribution in [0.5, 0.6) is 0 Å². The van der Waals surface area contributed by atoms with Gasteiger partial charge < -0.3 is 19.8 Å². The van der Waals surface area contributed by atoms with Gasteiger partial charge in [-0.05, 0) is 122 Å². The van der Waals surface area contributed by atoms with Crippen LogP contribution in [0.3, 0.4) is 0 Å². The number of aliphatic hydroxyl groups excluding tert-OH is 1. The summed E-state index contributed by atoms with van der Waals surface area (Å²) in [6.07, 6.45) is 6.59. The molecule has 290 valence electrons. The van der Waals surface area contributed by atoms with Crippen LogP contribution in [0, 0.1) is 56.2 Å². The number of Topliss-reactive ketones (excluding diaryl/α,β-unsaturated/α-hetero) is 1. The lowest BCUT2D eigenvalue weighted by atomic mass is 9.33. The van der Waals surface area contributed by atoms with Gasteiger partial charge in [0.05, 0.1) is 17.9 Å². The van der Waals surface area contributed by atoms with E-state index in [2.05, 4.69) is 48.5 Å². The highest BCUT2D eigenvalue weighted by molar-refractivity contribution is 6.01. The van der Waals surface area contributed by atoms with Crippen molar-refractivity contribution < 1.29 is 34.1 Å². The fourth-order valence-corrected chi connectivity index (χ4v) is 13.8. The van der Waals surface area contributed by atoms with E-state index in [9.17, 15) is 29.4 Å². The van der Waals surface area contributed by atoms with Crippen LogP contribution in [-0.2, 0) is 25.7 Å². The predicted molar refractivity (Wildman–Crippen MR) is 203 cm³/mol. The Morgan fingerprint density at radius 3 is 2.28 bits per heavy atom. The Bertz CT molecular complexity index is 1760. The van der Waals surface area contributed by atoms with E-state index >= 15 is 0 Å². The van der Waals surface area contributed by atoms with Crippen LogP contribution in [0.25, 0.3) is 0 Å². The van der Waals surface area contributed by atoms with Gasteiger partial charge in [0.2, 0.25) is 0 Å². The zero-order valence-corrected chi connectivity index (χ0v) is 33.6. The van der Waals surface area contributed by atoms with Gasteiger partial charge in [0.25, 0.3) is 5.91 Å². The second-order valence-electron chi connectivity index (χ2n) is 20.4. The number of allylic oxidation sites excluding steroid dienone is 1. The highest BCUT2D eigenvalue weighted by Crippen LogP contribution is 2.77. The van der Waals surface area contributed by atoms with E-state index in [4.69, 9.17) is 4.74 Å². The third-order valence-electron chi connectivity index (χ3n) is 16.8. The number of esters is 1.